The maximum atomic E-state index is 6.40. The van der Waals surface area contributed by atoms with Crippen molar-refractivity contribution in [2.75, 3.05) is 26.1 Å². The molecule has 0 atom stereocenters. The van der Waals surface area contributed by atoms with Crippen LogP contribution in [0.15, 0.2) is 36.4 Å². The van der Waals surface area contributed by atoms with Gasteiger partial charge in [0.2, 0.25) is 0 Å². The second kappa shape index (κ2) is 6.74. The van der Waals surface area contributed by atoms with E-state index in [2.05, 4.69) is 5.32 Å². The number of nitrogens with one attached hydrogen (secondary N) is 1. The summed E-state index contributed by atoms with van der Waals surface area (Å²) in [6.07, 6.45) is 0.864. The van der Waals surface area contributed by atoms with Gasteiger partial charge in [0.1, 0.15) is 23.0 Å². The molecule has 2 heterocycles. The first-order chi connectivity index (χ1) is 12.6. The van der Waals surface area contributed by atoms with Crippen molar-refractivity contribution in [1.29, 1.82) is 0 Å². The molecule has 0 unspecified atom stereocenters. The highest BCUT2D eigenvalue weighted by atomic mass is 35.5. The lowest BCUT2D eigenvalue weighted by Crippen LogP contribution is -2.05. The molecule has 134 valence electrons. The molecule has 0 saturated carbocycles. The van der Waals surface area contributed by atoms with Crippen LogP contribution in [0.3, 0.4) is 0 Å². The van der Waals surface area contributed by atoms with Gasteiger partial charge in [-0.3, -0.25) is 0 Å². The molecule has 3 aromatic rings. The minimum atomic E-state index is 0.581. The average Bonchev–Trinajstić information content (AvgIpc) is 3.26. The van der Waals surface area contributed by atoms with Gasteiger partial charge in [-0.25, -0.2) is 4.68 Å². The third-order valence-corrected chi connectivity index (χ3v) is 5.00. The average molecular weight is 390 g/mol. The molecule has 0 fully saturated rings. The summed E-state index contributed by atoms with van der Waals surface area (Å²) < 4.78 is 12.7. The third-order valence-electron chi connectivity index (χ3n) is 4.45. The fraction of sp³-hybridized carbons (Fsp3) is 0.211. The molecular weight excluding hydrogens is 373 g/mol. The molecule has 4 rings (SSSR count). The van der Waals surface area contributed by atoms with E-state index in [9.17, 15) is 0 Å². The Hall–Kier alpha value is -2.37. The van der Waals surface area contributed by atoms with E-state index < -0.39 is 0 Å². The number of anilines is 1. The van der Waals surface area contributed by atoms with Gasteiger partial charge in [-0.1, -0.05) is 23.2 Å². The Kier molecular flexibility index (Phi) is 4.42. The zero-order valence-corrected chi connectivity index (χ0v) is 15.9. The number of aromatic nitrogens is 2. The smallest absolute Gasteiger partial charge is 0.133 e. The second-order valence-electron chi connectivity index (χ2n) is 5.93. The fourth-order valence-corrected chi connectivity index (χ4v) is 3.58. The molecule has 26 heavy (non-hydrogen) atoms. The Balaban J connectivity index is 1.94. The SMILES string of the molecule is COc1ccc(OC)c(-c2nn(-c3cc(Cl)ccc3Cl)c3c2CCN3)c1. The van der Waals surface area contributed by atoms with Crippen molar-refractivity contribution in [2.24, 2.45) is 0 Å². The highest BCUT2D eigenvalue weighted by Gasteiger charge is 2.26. The van der Waals surface area contributed by atoms with E-state index in [1.807, 2.05) is 28.9 Å². The molecular formula is C19H17Cl2N3O2. The zero-order chi connectivity index (χ0) is 18.3. The molecule has 0 aliphatic carbocycles. The number of methoxy groups -OCH3 is 2. The molecule has 1 aliphatic rings. The van der Waals surface area contributed by atoms with Crippen molar-refractivity contribution >= 4 is 29.0 Å². The Bertz CT molecular complexity index is 985. The van der Waals surface area contributed by atoms with Gasteiger partial charge in [0, 0.05) is 22.7 Å². The number of benzene rings is 2. The highest BCUT2D eigenvalue weighted by Crippen LogP contribution is 2.41. The summed E-state index contributed by atoms with van der Waals surface area (Å²) in [6.45, 7) is 0.838. The minimum absolute atomic E-state index is 0.581. The largest absolute Gasteiger partial charge is 0.497 e. The van der Waals surface area contributed by atoms with Crippen molar-refractivity contribution in [3.05, 3.63) is 52.0 Å². The van der Waals surface area contributed by atoms with Crippen molar-refractivity contribution in [3.63, 3.8) is 0 Å². The van der Waals surface area contributed by atoms with E-state index in [-0.39, 0.29) is 0 Å². The standard InChI is InChI=1S/C19H17Cl2N3O2/c1-25-12-4-6-17(26-2)14(10-12)18-13-7-8-22-19(13)24(23-18)16-9-11(20)3-5-15(16)21/h3-6,9-10,22H,7-8H2,1-2H3. The zero-order valence-electron chi connectivity index (χ0n) is 14.3. The molecule has 0 amide bonds. The van der Waals surface area contributed by atoms with Crippen LogP contribution in [-0.2, 0) is 6.42 Å². The van der Waals surface area contributed by atoms with Gasteiger partial charge in [-0.15, -0.1) is 0 Å². The minimum Gasteiger partial charge on any atom is -0.497 e. The monoisotopic (exact) mass is 389 g/mol. The van der Waals surface area contributed by atoms with Crippen LogP contribution in [0, 0.1) is 0 Å². The first-order valence-corrected chi connectivity index (χ1v) is 8.91. The van der Waals surface area contributed by atoms with Crippen LogP contribution < -0.4 is 14.8 Å². The summed E-state index contributed by atoms with van der Waals surface area (Å²) in [5.74, 6) is 2.41. The Labute approximate surface area is 161 Å². The molecule has 7 heteroatoms. The number of hydrogen-bond donors (Lipinski definition) is 1. The number of hydrogen-bond acceptors (Lipinski definition) is 4. The van der Waals surface area contributed by atoms with Gasteiger partial charge >= 0.3 is 0 Å². The van der Waals surface area contributed by atoms with Gasteiger partial charge in [0.05, 0.1) is 24.9 Å². The number of fused-ring (bicyclic) bond motifs is 1. The van der Waals surface area contributed by atoms with E-state index in [1.165, 1.54) is 0 Å². The molecule has 1 N–H and O–H groups in total. The summed E-state index contributed by atoms with van der Waals surface area (Å²) in [6, 6.07) is 11.0. The van der Waals surface area contributed by atoms with E-state index in [0.717, 1.165) is 52.8 Å². The first kappa shape index (κ1) is 17.1. The quantitative estimate of drug-likeness (QED) is 0.693. The lowest BCUT2D eigenvalue weighted by Gasteiger charge is -2.10. The maximum Gasteiger partial charge on any atom is 0.133 e. The van der Waals surface area contributed by atoms with E-state index >= 15 is 0 Å². The van der Waals surface area contributed by atoms with Gasteiger partial charge in [-0.05, 0) is 42.8 Å². The molecule has 0 radical (unpaired) electrons. The van der Waals surface area contributed by atoms with Crippen molar-refractivity contribution in [3.8, 4) is 28.4 Å². The summed E-state index contributed by atoms with van der Waals surface area (Å²) >= 11 is 12.6. The van der Waals surface area contributed by atoms with Crippen LogP contribution in [0.5, 0.6) is 11.5 Å². The number of ether oxygens (including phenoxy) is 2. The second-order valence-corrected chi connectivity index (χ2v) is 6.77. The molecule has 2 aromatic carbocycles. The van der Waals surface area contributed by atoms with Crippen LogP contribution in [0.4, 0.5) is 5.82 Å². The van der Waals surface area contributed by atoms with Crippen LogP contribution in [0.25, 0.3) is 16.9 Å². The van der Waals surface area contributed by atoms with E-state index in [0.29, 0.717) is 10.0 Å². The van der Waals surface area contributed by atoms with E-state index in [1.54, 1.807) is 26.4 Å². The topological polar surface area (TPSA) is 48.3 Å². The number of halogens is 2. The van der Waals surface area contributed by atoms with Crippen LogP contribution >= 0.6 is 23.2 Å². The number of nitrogens with zero attached hydrogens (tertiary/aromatic N) is 2. The third kappa shape index (κ3) is 2.77. The first-order valence-electron chi connectivity index (χ1n) is 8.16. The maximum absolute atomic E-state index is 6.40. The summed E-state index contributed by atoms with van der Waals surface area (Å²) in [5, 5.41) is 9.42. The summed E-state index contributed by atoms with van der Waals surface area (Å²) in [4.78, 5) is 0. The van der Waals surface area contributed by atoms with Gasteiger partial charge < -0.3 is 14.8 Å². The Morgan fingerprint density at radius 3 is 2.69 bits per heavy atom. The van der Waals surface area contributed by atoms with Crippen LogP contribution in [0.1, 0.15) is 5.56 Å². The van der Waals surface area contributed by atoms with E-state index in [4.69, 9.17) is 37.8 Å². The van der Waals surface area contributed by atoms with Crippen molar-refractivity contribution in [2.45, 2.75) is 6.42 Å². The van der Waals surface area contributed by atoms with Crippen molar-refractivity contribution in [1.82, 2.24) is 9.78 Å². The lowest BCUT2D eigenvalue weighted by atomic mass is 10.1. The molecule has 1 aliphatic heterocycles. The van der Waals surface area contributed by atoms with Crippen molar-refractivity contribution < 1.29 is 9.47 Å². The fourth-order valence-electron chi connectivity index (χ4n) is 3.21. The summed E-state index contributed by atoms with van der Waals surface area (Å²) in [5.41, 5.74) is 3.58. The van der Waals surface area contributed by atoms with Gasteiger partial charge in [0.25, 0.3) is 0 Å². The highest BCUT2D eigenvalue weighted by molar-refractivity contribution is 6.34. The predicted octanol–water partition coefficient (Wildman–Crippen LogP) is 4.83. The Morgan fingerprint density at radius 2 is 1.92 bits per heavy atom. The van der Waals surface area contributed by atoms with Crippen LogP contribution in [0.2, 0.25) is 10.0 Å². The van der Waals surface area contributed by atoms with Gasteiger partial charge in [0.15, 0.2) is 0 Å². The van der Waals surface area contributed by atoms with Gasteiger partial charge in [-0.2, -0.15) is 5.10 Å². The molecule has 0 saturated heterocycles. The number of rotatable bonds is 4. The molecule has 0 spiro atoms. The molecule has 1 aromatic heterocycles. The Morgan fingerprint density at radius 1 is 1.08 bits per heavy atom. The normalized spacial score (nSPS) is 12.6. The summed E-state index contributed by atoms with van der Waals surface area (Å²) in [7, 11) is 3.29. The van der Waals surface area contributed by atoms with Crippen LogP contribution in [-0.4, -0.2) is 30.5 Å². The lowest BCUT2D eigenvalue weighted by molar-refractivity contribution is 0.404. The molecule has 0 bridgehead atoms. The molecule has 5 nitrogen and oxygen atoms in total. The predicted molar refractivity (Wildman–Crippen MR) is 104 cm³/mol.